The summed E-state index contributed by atoms with van der Waals surface area (Å²) >= 11 is 1.32. The van der Waals surface area contributed by atoms with Gasteiger partial charge in [0.2, 0.25) is 0 Å². The summed E-state index contributed by atoms with van der Waals surface area (Å²) in [4.78, 5) is 28.3. The number of carbonyl (C=O) groups excluding carboxylic acids is 2. The summed E-state index contributed by atoms with van der Waals surface area (Å²) in [6, 6.07) is 0.0496. The molecule has 2 fully saturated rings. The summed E-state index contributed by atoms with van der Waals surface area (Å²) in [6.07, 6.45) is 12.8. The number of hydrogen-bond acceptors (Lipinski definition) is 4. The second kappa shape index (κ2) is 13.4. The van der Waals surface area contributed by atoms with Gasteiger partial charge in [-0.2, -0.15) is 0 Å². The molecule has 27 heavy (non-hydrogen) atoms. The van der Waals surface area contributed by atoms with Crippen LogP contribution in [0.15, 0.2) is 0 Å². The number of piperidine rings is 1. The number of hydrogen-bond donors (Lipinski definition) is 1. The molecule has 1 saturated heterocycles. The Labute approximate surface area is 170 Å². The topological polar surface area (TPSA) is 52.7 Å². The third-order valence-electron chi connectivity index (χ3n) is 5.86. The van der Waals surface area contributed by atoms with Crippen molar-refractivity contribution in [2.24, 2.45) is 5.92 Å². The molecule has 0 bridgehead atoms. The van der Waals surface area contributed by atoms with E-state index in [-0.39, 0.29) is 11.1 Å². The molecule has 1 N–H and O–H groups in total. The van der Waals surface area contributed by atoms with Crippen molar-refractivity contribution >= 4 is 22.9 Å². The van der Waals surface area contributed by atoms with Crippen LogP contribution in [-0.2, 0) is 4.79 Å². The molecule has 156 valence electrons. The van der Waals surface area contributed by atoms with Gasteiger partial charge in [-0.25, -0.2) is 4.79 Å². The molecule has 0 radical (unpaired) electrons. The Morgan fingerprint density at radius 3 is 2.44 bits per heavy atom. The SMILES string of the molecule is CC(=O)SCCN(CCC1CCCCC1)C(=O)NCCCN1CCCCC1. The molecule has 2 rings (SSSR count). The normalized spacial score (nSPS) is 19.0. The van der Waals surface area contributed by atoms with E-state index in [1.54, 1.807) is 6.92 Å². The molecule has 5 nitrogen and oxygen atoms in total. The van der Waals surface area contributed by atoms with Gasteiger partial charge in [0.05, 0.1) is 0 Å². The van der Waals surface area contributed by atoms with Crippen molar-refractivity contribution in [3.05, 3.63) is 0 Å². The standard InChI is InChI=1S/C21H39N3O2S/c1-19(25)27-18-17-24(16-11-20-9-4-2-5-10-20)21(26)22-12-8-15-23-13-6-3-7-14-23/h20H,2-18H2,1H3,(H,22,26). The zero-order valence-corrected chi connectivity index (χ0v) is 18.0. The molecule has 0 aromatic carbocycles. The average Bonchev–Trinajstić information content (AvgIpc) is 2.69. The van der Waals surface area contributed by atoms with E-state index >= 15 is 0 Å². The highest BCUT2D eigenvalue weighted by atomic mass is 32.2. The Morgan fingerprint density at radius 1 is 1.04 bits per heavy atom. The summed E-state index contributed by atoms with van der Waals surface area (Å²) in [5, 5.41) is 3.24. The fourth-order valence-corrected chi connectivity index (χ4v) is 4.82. The first-order valence-corrected chi connectivity index (χ1v) is 12.0. The predicted octanol–water partition coefficient (Wildman–Crippen LogP) is 4.12. The fraction of sp³-hybridized carbons (Fsp3) is 0.905. The van der Waals surface area contributed by atoms with E-state index in [9.17, 15) is 9.59 Å². The van der Waals surface area contributed by atoms with Gasteiger partial charge in [-0.1, -0.05) is 50.3 Å². The summed E-state index contributed by atoms with van der Waals surface area (Å²) in [6.45, 7) is 7.33. The average molecular weight is 398 g/mol. The minimum atomic E-state index is 0.0496. The van der Waals surface area contributed by atoms with Gasteiger partial charge in [0.1, 0.15) is 0 Å². The molecule has 2 aliphatic rings. The maximum atomic E-state index is 12.6. The molecule has 2 amide bonds. The number of thioether (sulfide) groups is 1. The summed E-state index contributed by atoms with van der Waals surface area (Å²) in [7, 11) is 0. The van der Waals surface area contributed by atoms with Gasteiger partial charge in [-0.15, -0.1) is 0 Å². The Bertz CT molecular complexity index is 435. The smallest absolute Gasteiger partial charge is 0.317 e. The lowest BCUT2D eigenvalue weighted by molar-refractivity contribution is -0.109. The highest BCUT2D eigenvalue weighted by Gasteiger charge is 2.18. The van der Waals surface area contributed by atoms with Gasteiger partial charge in [-0.3, -0.25) is 4.79 Å². The van der Waals surface area contributed by atoms with Crippen LogP contribution in [0.25, 0.3) is 0 Å². The molecular formula is C21H39N3O2S. The zero-order chi connectivity index (χ0) is 19.3. The summed E-state index contributed by atoms with van der Waals surface area (Å²) in [5.74, 6) is 1.47. The fourth-order valence-electron chi connectivity index (χ4n) is 4.22. The van der Waals surface area contributed by atoms with Crippen molar-refractivity contribution in [3.8, 4) is 0 Å². The molecule has 0 aromatic heterocycles. The van der Waals surface area contributed by atoms with Gasteiger partial charge in [-0.05, 0) is 51.2 Å². The number of nitrogens with zero attached hydrogens (tertiary/aromatic N) is 2. The van der Waals surface area contributed by atoms with Gasteiger partial charge in [0.15, 0.2) is 5.12 Å². The molecular weight excluding hydrogens is 358 g/mol. The first-order chi connectivity index (χ1) is 13.1. The monoisotopic (exact) mass is 397 g/mol. The molecule has 1 heterocycles. The van der Waals surface area contributed by atoms with Crippen LogP contribution in [0.1, 0.15) is 71.1 Å². The minimum absolute atomic E-state index is 0.0496. The van der Waals surface area contributed by atoms with Crippen LogP contribution < -0.4 is 5.32 Å². The molecule has 1 aliphatic carbocycles. The van der Waals surface area contributed by atoms with E-state index in [4.69, 9.17) is 0 Å². The molecule has 0 spiro atoms. The minimum Gasteiger partial charge on any atom is -0.338 e. The summed E-state index contributed by atoms with van der Waals surface area (Å²) in [5.41, 5.74) is 0. The third kappa shape index (κ3) is 9.84. The number of urea groups is 1. The number of nitrogens with one attached hydrogen (secondary N) is 1. The van der Waals surface area contributed by atoms with E-state index in [0.29, 0.717) is 12.3 Å². The summed E-state index contributed by atoms with van der Waals surface area (Å²) < 4.78 is 0. The van der Waals surface area contributed by atoms with Crippen LogP contribution in [-0.4, -0.2) is 66.0 Å². The van der Waals surface area contributed by atoms with Crippen LogP contribution in [0.4, 0.5) is 4.79 Å². The van der Waals surface area contributed by atoms with Crippen LogP contribution in [0, 0.1) is 5.92 Å². The zero-order valence-electron chi connectivity index (χ0n) is 17.2. The Hall–Kier alpha value is -0.750. The van der Waals surface area contributed by atoms with Crippen LogP contribution in [0.3, 0.4) is 0 Å². The Balaban J connectivity index is 1.68. The van der Waals surface area contributed by atoms with E-state index in [1.165, 1.54) is 76.2 Å². The van der Waals surface area contributed by atoms with Crippen LogP contribution in [0.5, 0.6) is 0 Å². The number of likely N-dealkylation sites (tertiary alicyclic amines) is 1. The molecule has 0 aromatic rings. The molecule has 1 saturated carbocycles. The third-order valence-corrected chi connectivity index (χ3v) is 6.66. The van der Waals surface area contributed by atoms with Crippen molar-refractivity contribution in [1.29, 1.82) is 0 Å². The van der Waals surface area contributed by atoms with Crippen molar-refractivity contribution in [1.82, 2.24) is 15.1 Å². The maximum absolute atomic E-state index is 12.6. The highest BCUT2D eigenvalue weighted by Crippen LogP contribution is 2.26. The molecule has 0 unspecified atom stereocenters. The van der Waals surface area contributed by atoms with E-state index in [0.717, 1.165) is 38.4 Å². The van der Waals surface area contributed by atoms with E-state index in [2.05, 4.69) is 10.2 Å². The first-order valence-electron chi connectivity index (χ1n) is 11.0. The molecule has 0 atom stereocenters. The van der Waals surface area contributed by atoms with E-state index in [1.807, 2.05) is 4.90 Å². The van der Waals surface area contributed by atoms with E-state index < -0.39 is 0 Å². The lowest BCUT2D eigenvalue weighted by atomic mass is 9.87. The van der Waals surface area contributed by atoms with Crippen molar-refractivity contribution in [2.75, 3.05) is 45.0 Å². The number of rotatable bonds is 10. The van der Waals surface area contributed by atoms with Crippen LogP contribution in [0.2, 0.25) is 0 Å². The maximum Gasteiger partial charge on any atom is 0.317 e. The van der Waals surface area contributed by atoms with Crippen molar-refractivity contribution < 1.29 is 9.59 Å². The molecule has 1 aliphatic heterocycles. The Kier molecular flexibility index (Phi) is 11.2. The second-order valence-corrected chi connectivity index (χ2v) is 9.38. The quantitative estimate of drug-likeness (QED) is 0.563. The first kappa shape index (κ1) is 22.5. The number of carbonyl (C=O) groups is 2. The molecule has 6 heteroatoms. The largest absolute Gasteiger partial charge is 0.338 e. The van der Waals surface area contributed by atoms with Crippen molar-refractivity contribution in [3.63, 3.8) is 0 Å². The van der Waals surface area contributed by atoms with Gasteiger partial charge in [0.25, 0.3) is 0 Å². The lowest BCUT2D eigenvalue weighted by Crippen LogP contribution is -2.43. The van der Waals surface area contributed by atoms with Gasteiger partial charge in [0, 0.05) is 32.3 Å². The van der Waals surface area contributed by atoms with Crippen molar-refractivity contribution in [2.45, 2.75) is 71.1 Å². The number of amides is 2. The second-order valence-electron chi connectivity index (χ2n) is 8.11. The Morgan fingerprint density at radius 2 is 1.74 bits per heavy atom. The predicted molar refractivity (Wildman–Crippen MR) is 114 cm³/mol. The highest BCUT2D eigenvalue weighted by molar-refractivity contribution is 8.13. The van der Waals surface area contributed by atoms with Crippen LogP contribution >= 0.6 is 11.8 Å². The lowest BCUT2D eigenvalue weighted by Gasteiger charge is -2.28. The van der Waals surface area contributed by atoms with Gasteiger partial charge < -0.3 is 15.1 Å². The van der Waals surface area contributed by atoms with Gasteiger partial charge >= 0.3 is 6.03 Å².